The molecule has 0 aromatic carbocycles. The number of hydrogen-bond donors (Lipinski definition) is 4. The fraction of sp³-hybridized carbons (Fsp3) is 0.556. The van der Waals surface area contributed by atoms with Gasteiger partial charge in [-0.3, -0.25) is 4.79 Å². The van der Waals surface area contributed by atoms with E-state index in [4.69, 9.17) is 14.2 Å². The minimum atomic E-state index is -1.40. The number of rotatable bonds is 4. The number of amides is 1. The molecule has 2 aliphatic heterocycles. The van der Waals surface area contributed by atoms with Crippen LogP contribution in [0.1, 0.15) is 13.8 Å². The van der Waals surface area contributed by atoms with Crippen LogP contribution in [0.4, 0.5) is 0 Å². The van der Waals surface area contributed by atoms with E-state index in [0.29, 0.717) is 5.76 Å². The van der Waals surface area contributed by atoms with Crippen molar-refractivity contribution in [1.82, 2.24) is 5.32 Å². The number of fused-ring (bicyclic) bond motifs is 1. The van der Waals surface area contributed by atoms with Crippen LogP contribution in [0.15, 0.2) is 35.6 Å². The van der Waals surface area contributed by atoms with Crippen LogP contribution in [0.25, 0.3) is 0 Å². The van der Waals surface area contributed by atoms with Crippen molar-refractivity contribution in [2.45, 2.75) is 50.6 Å². The Kier molecular flexibility index (Phi) is 5.66. The second-order valence-corrected chi connectivity index (χ2v) is 6.79. The van der Waals surface area contributed by atoms with Gasteiger partial charge in [-0.25, -0.2) is 4.79 Å². The molecule has 0 radical (unpaired) electrons. The molecule has 0 unspecified atom stereocenters. The summed E-state index contributed by atoms with van der Waals surface area (Å²) in [6.45, 7) is 2.56. The summed E-state index contributed by atoms with van der Waals surface area (Å²) in [5.74, 6) is -0.657. The Labute approximate surface area is 155 Å². The van der Waals surface area contributed by atoms with Gasteiger partial charge in [-0.15, -0.1) is 0 Å². The van der Waals surface area contributed by atoms with Gasteiger partial charge in [-0.2, -0.15) is 0 Å². The van der Waals surface area contributed by atoms with Gasteiger partial charge in [0, 0.05) is 18.9 Å². The second-order valence-electron chi connectivity index (χ2n) is 6.79. The minimum Gasteiger partial charge on any atom is -0.463 e. The molecule has 7 atom stereocenters. The highest BCUT2D eigenvalue weighted by Gasteiger charge is 2.46. The van der Waals surface area contributed by atoms with E-state index >= 15 is 0 Å². The fourth-order valence-electron chi connectivity index (χ4n) is 3.38. The summed E-state index contributed by atoms with van der Waals surface area (Å²) in [7, 11) is 0. The third-order valence-electron chi connectivity index (χ3n) is 4.78. The zero-order chi connectivity index (χ0) is 19.7. The Morgan fingerprint density at radius 1 is 1.33 bits per heavy atom. The number of allylic oxidation sites excluding steroid dienone is 1. The molecule has 0 saturated carbocycles. The van der Waals surface area contributed by atoms with Crippen molar-refractivity contribution in [1.29, 1.82) is 0 Å². The summed E-state index contributed by atoms with van der Waals surface area (Å²) in [6.07, 6.45) is 0.990. The van der Waals surface area contributed by atoms with Gasteiger partial charge in [-0.1, -0.05) is 11.6 Å². The quantitative estimate of drug-likeness (QED) is 0.450. The van der Waals surface area contributed by atoms with Crippen LogP contribution in [0.3, 0.4) is 0 Å². The van der Waals surface area contributed by atoms with Gasteiger partial charge in [0.15, 0.2) is 0 Å². The normalized spacial score (nSPS) is 38.3. The summed E-state index contributed by atoms with van der Waals surface area (Å²) < 4.78 is 16.6. The van der Waals surface area contributed by atoms with E-state index in [0.717, 1.165) is 5.57 Å². The summed E-state index contributed by atoms with van der Waals surface area (Å²) in [4.78, 5) is 23.1. The van der Waals surface area contributed by atoms with Crippen LogP contribution in [0.2, 0.25) is 0 Å². The number of carbonyl (C=O) groups excluding carboxylic acids is 2. The van der Waals surface area contributed by atoms with Crippen LogP contribution in [0.5, 0.6) is 0 Å². The predicted octanol–water partition coefficient (Wildman–Crippen LogP) is -1.11. The monoisotopic (exact) mass is 381 g/mol. The smallest absolute Gasteiger partial charge is 0.331 e. The molecule has 1 aliphatic carbocycles. The molecule has 1 fully saturated rings. The lowest BCUT2D eigenvalue weighted by Crippen LogP contribution is -2.64. The molecular weight excluding hydrogens is 358 g/mol. The van der Waals surface area contributed by atoms with Gasteiger partial charge in [0.1, 0.15) is 36.2 Å². The molecule has 3 aliphatic rings. The van der Waals surface area contributed by atoms with Crippen molar-refractivity contribution in [2.75, 3.05) is 6.61 Å². The maximum atomic E-state index is 11.6. The first kappa shape index (κ1) is 19.6. The Morgan fingerprint density at radius 3 is 2.74 bits per heavy atom. The molecule has 0 spiro atoms. The van der Waals surface area contributed by atoms with E-state index in [-0.39, 0.29) is 5.92 Å². The van der Waals surface area contributed by atoms with Crippen LogP contribution >= 0.6 is 0 Å². The zero-order valence-corrected chi connectivity index (χ0v) is 14.9. The summed E-state index contributed by atoms with van der Waals surface area (Å²) >= 11 is 0. The minimum absolute atomic E-state index is 0.0916. The van der Waals surface area contributed by atoms with Gasteiger partial charge in [0.05, 0.1) is 6.61 Å². The average molecular weight is 381 g/mol. The first-order valence-electron chi connectivity index (χ1n) is 8.65. The number of hydrogen-bond acceptors (Lipinski definition) is 8. The molecule has 1 saturated heterocycles. The van der Waals surface area contributed by atoms with Crippen molar-refractivity contribution in [3.8, 4) is 0 Å². The topological polar surface area (TPSA) is 135 Å². The molecule has 148 valence electrons. The Morgan fingerprint density at radius 2 is 2.07 bits per heavy atom. The maximum absolute atomic E-state index is 11.6. The summed E-state index contributed by atoms with van der Waals surface area (Å²) in [5.41, 5.74) is 0.867. The molecular formula is C18H23NO8. The maximum Gasteiger partial charge on any atom is 0.331 e. The molecule has 0 aromatic rings. The van der Waals surface area contributed by atoms with Crippen molar-refractivity contribution in [3.05, 3.63) is 35.6 Å². The second kappa shape index (κ2) is 7.81. The van der Waals surface area contributed by atoms with Gasteiger partial charge in [0.2, 0.25) is 12.2 Å². The van der Waals surface area contributed by atoms with E-state index in [1.54, 1.807) is 12.2 Å². The predicted molar refractivity (Wildman–Crippen MR) is 90.8 cm³/mol. The molecule has 1 amide bonds. The van der Waals surface area contributed by atoms with Crippen molar-refractivity contribution < 1.29 is 39.1 Å². The number of carbonyl (C=O) groups is 2. The molecule has 3 rings (SSSR count). The van der Waals surface area contributed by atoms with Crippen LogP contribution in [0, 0.1) is 5.92 Å². The number of esters is 1. The van der Waals surface area contributed by atoms with E-state index in [1.165, 1.54) is 13.0 Å². The largest absolute Gasteiger partial charge is 0.463 e. The fourth-order valence-corrected chi connectivity index (χ4v) is 3.38. The van der Waals surface area contributed by atoms with Gasteiger partial charge >= 0.3 is 5.97 Å². The molecule has 9 heteroatoms. The van der Waals surface area contributed by atoms with Crippen LogP contribution in [-0.2, 0) is 23.8 Å². The molecule has 0 aromatic heterocycles. The summed E-state index contributed by atoms with van der Waals surface area (Å²) in [5, 5.41) is 32.2. The Hall–Kier alpha value is -2.20. The third-order valence-corrected chi connectivity index (χ3v) is 4.78. The van der Waals surface area contributed by atoms with Crippen molar-refractivity contribution in [3.63, 3.8) is 0 Å². The van der Waals surface area contributed by atoms with Gasteiger partial charge in [-0.05, 0) is 19.1 Å². The Balaban J connectivity index is 1.78. The van der Waals surface area contributed by atoms with Crippen LogP contribution < -0.4 is 5.32 Å². The first-order chi connectivity index (χ1) is 12.8. The lowest BCUT2D eigenvalue weighted by molar-refractivity contribution is -0.258. The summed E-state index contributed by atoms with van der Waals surface area (Å²) in [6, 6.07) is -1.05. The zero-order valence-electron chi connectivity index (χ0n) is 14.9. The highest BCUT2D eigenvalue weighted by Crippen LogP contribution is 2.32. The van der Waals surface area contributed by atoms with Gasteiger partial charge < -0.3 is 34.8 Å². The number of aliphatic hydroxyl groups excluding tert-OH is 3. The van der Waals surface area contributed by atoms with E-state index in [9.17, 15) is 24.9 Å². The standard InChI is InChI=1S/C18H23NO8/c1-8-5-14(22)26-12-6-10(3-4-11(8)12)25-18-15(19-9(2)21)17(24)16(23)13(7-20)27-18/h3-6,11-13,15-18,20,23-24H,7H2,1-2H3,(H,19,21)/t11-,12-,13+,15+,16-,17-,18-/m0/s1. The van der Waals surface area contributed by atoms with Crippen molar-refractivity contribution >= 4 is 11.9 Å². The van der Waals surface area contributed by atoms with E-state index < -0.39 is 55.2 Å². The first-order valence-corrected chi connectivity index (χ1v) is 8.65. The van der Waals surface area contributed by atoms with Gasteiger partial charge in [0.25, 0.3) is 0 Å². The number of ether oxygens (including phenoxy) is 3. The lowest BCUT2D eigenvalue weighted by Gasteiger charge is -2.42. The molecule has 9 nitrogen and oxygen atoms in total. The average Bonchev–Trinajstić information content (AvgIpc) is 2.60. The van der Waals surface area contributed by atoms with E-state index in [1.807, 2.05) is 13.0 Å². The number of aliphatic hydroxyl groups is 3. The van der Waals surface area contributed by atoms with Crippen LogP contribution in [-0.4, -0.2) is 70.6 Å². The molecule has 4 N–H and O–H groups in total. The van der Waals surface area contributed by atoms with E-state index in [2.05, 4.69) is 5.32 Å². The SMILES string of the molecule is CC(=O)N[C@H]1[C@@H](OC2=C[C@@H]3OC(=O)C=C(C)[C@@H]3C=C2)O[C@H](CO)[C@H](O)[C@H]1O. The lowest BCUT2D eigenvalue weighted by atomic mass is 9.88. The molecule has 27 heavy (non-hydrogen) atoms. The highest BCUT2D eigenvalue weighted by molar-refractivity contribution is 5.84. The molecule has 0 bridgehead atoms. The highest BCUT2D eigenvalue weighted by atomic mass is 16.7. The third kappa shape index (κ3) is 4.06. The number of nitrogens with one attached hydrogen (secondary N) is 1. The Bertz CT molecular complexity index is 699. The molecule has 2 heterocycles. The van der Waals surface area contributed by atoms with Crippen molar-refractivity contribution in [2.24, 2.45) is 5.92 Å².